The molecular weight excluding hydrogens is 450 g/mol. The minimum atomic E-state index is -0.942. The number of benzene rings is 3. The van der Waals surface area contributed by atoms with E-state index in [9.17, 15) is 14.7 Å². The first kappa shape index (κ1) is 23.5. The SMILES string of the molecule is CCN1CC(=Cc2cccc(NC(=O)c3ccc(C)cc3)c2)c2nc3ccccc3c(C(=O)O)c2C1. The number of rotatable bonds is 5. The fourth-order valence-electron chi connectivity index (χ4n) is 4.66. The maximum atomic E-state index is 12.7. The zero-order valence-electron chi connectivity index (χ0n) is 20.3. The largest absolute Gasteiger partial charge is 0.478 e. The van der Waals surface area contributed by atoms with Gasteiger partial charge in [0.25, 0.3) is 5.91 Å². The van der Waals surface area contributed by atoms with Crippen molar-refractivity contribution in [2.75, 3.05) is 18.4 Å². The summed E-state index contributed by atoms with van der Waals surface area (Å²) in [6.45, 7) is 6.04. The van der Waals surface area contributed by atoms with Crippen molar-refractivity contribution in [2.45, 2.75) is 20.4 Å². The number of pyridine rings is 1. The molecule has 0 aliphatic carbocycles. The third-order valence-corrected chi connectivity index (χ3v) is 6.53. The van der Waals surface area contributed by atoms with Gasteiger partial charge in [-0.2, -0.15) is 0 Å². The average Bonchev–Trinajstić information content (AvgIpc) is 2.87. The average molecular weight is 478 g/mol. The number of aromatic nitrogens is 1. The molecule has 1 aliphatic heterocycles. The van der Waals surface area contributed by atoms with Crippen LogP contribution in [-0.2, 0) is 6.54 Å². The van der Waals surface area contributed by atoms with Crippen molar-refractivity contribution in [1.29, 1.82) is 0 Å². The summed E-state index contributed by atoms with van der Waals surface area (Å²) in [5.74, 6) is -1.11. The number of carboxylic acids is 1. The summed E-state index contributed by atoms with van der Waals surface area (Å²) in [5.41, 5.74) is 6.70. The first-order valence-corrected chi connectivity index (χ1v) is 12.0. The van der Waals surface area contributed by atoms with E-state index in [-0.39, 0.29) is 5.91 Å². The number of carboxylic acid groups (broad SMARTS) is 1. The molecule has 0 unspecified atom stereocenters. The van der Waals surface area contributed by atoms with Gasteiger partial charge in [0.2, 0.25) is 0 Å². The zero-order valence-corrected chi connectivity index (χ0v) is 20.3. The molecule has 1 aromatic heterocycles. The first-order valence-electron chi connectivity index (χ1n) is 12.0. The van der Waals surface area contributed by atoms with Gasteiger partial charge in [-0.15, -0.1) is 0 Å². The lowest BCUT2D eigenvalue weighted by Crippen LogP contribution is -2.31. The number of carbonyl (C=O) groups excluding carboxylic acids is 1. The third kappa shape index (κ3) is 4.63. The highest BCUT2D eigenvalue weighted by Gasteiger charge is 2.27. The number of aryl methyl sites for hydroxylation is 1. The van der Waals surface area contributed by atoms with Gasteiger partial charge in [-0.1, -0.05) is 55.0 Å². The highest BCUT2D eigenvalue weighted by atomic mass is 16.4. The molecule has 0 saturated heterocycles. The maximum absolute atomic E-state index is 12.7. The normalized spacial score (nSPS) is 14.6. The Morgan fingerprint density at radius 1 is 1.03 bits per heavy atom. The van der Waals surface area contributed by atoms with Gasteiger partial charge in [-0.05, 0) is 61.0 Å². The topological polar surface area (TPSA) is 82.5 Å². The number of fused-ring (bicyclic) bond motifs is 2. The van der Waals surface area contributed by atoms with Crippen molar-refractivity contribution in [1.82, 2.24) is 9.88 Å². The Bertz CT molecular complexity index is 1510. The summed E-state index contributed by atoms with van der Waals surface area (Å²) in [4.78, 5) is 32.1. The molecule has 5 rings (SSSR count). The van der Waals surface area contributed by atoms with Gasteiger partial charge in [0.05, 0.1) is 16.8 Å². The minimum Gasteiger partial charge on any atom is -0.478 e. The molecule has 1 aliphatic rings. The molecule has 0 atom stereocenters. The molecular formula is C30H27N3O3. The maximum Gasteiger partial charge on any atom is 0.336 e. The summed E-state index contributed by atoms with van der Waals surface area (Å²) in [7, 11) is 0. The van der Waals surface area contributed by atoms with E-state index in [2.05, 4.69) is 17.1 Å². The second kappa shape index (κ2) is 9.76. The zero-order chi connectivity index (χ0) is 25.2. The molecule has 0 saturated carbocycles. The van der Waals surface area contributed by atoms with Gasteiger partial charge in [0, 0.05) is 35.3 Å². The second-order valence-electron chi connectivity index (χ2n) is 9.05. The Morgan fingerprint density at radius 3 is 2.56 bits per heavy atom. The summed E-state index contributed by atoms with van der Waals surface area (Å²) in [6, 6.07) is 22.5. The van der Waals surface area contributed by atoms with E-state index in [0.29, 0.717) is 40.8 Å². The van der Waals surface area contributed by atoms with Crippen molar-refractivity contribution >= 4 is 40.1 Å². The van der Waals surface area contributed by atoms with E-state index in [1.54, 1.807) is 0 Å². The van der Waals surface area contributed by atoms with Gasteiger partial charge in [0.1, 0.15) is 0 Å². The quantitative estimate of drug-likeness (QED) is 0.376. The standard InChI is InChI=1S/C30H27N3O3/c1-3-33-17-22(28-25(18-33)27(30(35)36)24-9-4-5-10-26(24)32-28)15-20-7-6-8-23(16-20)31-29(34)21-13-11-19(2)12-14-21/h4-16H,3,17-18H2,1-2H3,(H,31,34)(H,35,36). The van der Waals surface area contributed by atoms with Crippen LogP contribution in [0, 0.1) is 6.92 Å². The number of hydrogen-bond donors (Lipinski definition) is 2. The van der Waals surface area contributed by atoms with Gasteiger partial charge in [0.15, 0.2) is 0 Å². The molecule has 4 aromatic rings. The number of para-hydroxylation sites is 1. The first-order chi connectivity index (χ1) is 17.4. The van der Waals surface area contributed by atoms with Crippen LogP contribution in [0.4, 0.5) is 5.69 Å². The molecule has 0 radical (unpaired) electrons. The number of amides is 1. The van der Waals surface area contributed by atoms with E-state index in [4.69, 9.17) is 4.98 Å². The summed E-state index contributed by atoms with van der Waals surface area (Å²) in [5, 5.41) is 13.7. The number of nitrogens with zero attached hydrogens (tertiary/aromatic N) is 2. The summed E-state index contributed by atoms with van der Waals surface area (Å²) < 4.78 is 0. The van der Waals surface area contributed by atoms with Crippen LogP contribution in [0.25, 0.3) is 22.6 Å². The highest BCUT2D eigenvalue weighted by molar-refractivity contribution is 6.06. The number of carbonyl (C=O) groups is 2. The van der Waals surface area contributed by atoms with Crippen molar-refractivity contribution in [3.05, 3.63) is 106 Å². The summed E-state index contributed by atoms with van der Waals surface area (Å²) >= 11 is 0. The molecule has 180 valence electrons. The van der Waals surface area contributed by atoms with Crippen LogP contribution in [0.15, 0.2) is 72.8 Å². The smallest absolute Gasteiger partial charge is 0.336 e. The van der Waals surface area contributed by atoms with E-state index >= 15 is 0 Å². The van der Waals surface area contributed by atoms with E-state index in [1.165, 1.54) is 0 Å². The van der Waals surface area contributed by atoms with Gasteiger partial charge in [-0.25, -0.2) is 9.78 Å². The van der Waals surface area contributed by atoms with E-state index < -0.39 is 5.97 Å². The molecule has 0 bridgehead atoms. The summed E-state index contributed by atoms with van der Waals surface area (Å²) in [6.07, 6.45) is 2.04. The van der Waals surface area contributed by atoms with Crippen molar-refractivity contribution < 1.29 is 14.7 Å². The molecule has 3 aromatic carbocycles. The van der Waals surface area contributed by atoms with Crippen LogP contribution in [-0.4, -0.2) is 40.0 Å². The lowest BCUT2D eigenvalue weighted by atomic mass is 9.92. The molecule has 6 heteroatoms. The number of likely N-dealkylation sites (N-methyl/N-ethyl adjacent to an activating group) is 1. The van der Waals surface area contributed by atoms with Crippen molar-refractivity contribution in [3.63, 3.8) is 0 Å². The number of nitrogens with one attached hydrogen (secondary N) is 1. The Morgan fingerprint density at radius 2 is 1.81 bits per heavy atom. The minimum absolute atomic E-state index is 0.167. The molecule has 2 heterocycles. The van der Waals surface area contributed by atoms with Gasteiger partial charge < -0.3 is 10.4 Å². The van der Waals surface area contributed by atoms with E-state index in [1.807, 2.05) is 85.8 Å². The lowest BCUT2D eigenvalue weighted by molar-refractivity contribution is 0.0696. The van der Waals surface area contributed by atoms with Crippen LogP contribution in [0.3, 0.4) is 0 Å². The van der Waals surface area contributed by atoms with Crippen LogP contribution in [0.5, 0.6) is 0 Å². The molecule has 0 spiro atoms. The molecule has 1 amide bonds. The highest BCUT2D eigenvalue weighted by Crippen LogP contribution is 2.34. The predicted molar refractivity (Wildman–Crippen MR) is 143 cm³/mol. The number of aromatic carboxylic acids is 1. The van der Waals surface area contributed by atoms with Crippen LogP contribution >= 0.6 is 0 Å². The molecule has 2 N–H and O–H groups in total. The number of hydrogen-bond acceptors (Lipinski definition) is 4. The van der Waals surface area contributed by atoms with Crippen molar-refractivity contribution in [2.24, 2.45) is 0 Å². The fourth-order valence-corrected chi connectivity index (χ4v) is 4.66. The Labute approximate surface area is 209 Å². The Hall–Kier alpha value is -4.29. The lowest BCUT2D eigenvalue weighted by Gasteiger charge is -2.30. The second-order valence-corrected chi connectivity index (χ2v) is 9.05. The Balaban J connectivity index is 1.54. The monoisotopic (exact) mass is 477 g/mol. The number of anilines is 1. The third-order valence-electron chi connectivity index (χ3n) is 6.53. The molecule has 6 nitrogen and oxygen atoms in total. The van der Waals surface area contributed by atoms with E-state index in [0.717, 1.165) is 34.5 Å². The van der Waals surface area contributed by atoms with Crippen LogP contribution < -0.4 is 5.32 Å². The van der Waals surface area contributed by atoms with Crippen LogP contribution in [0.1, 0.15) is 50.0 Å². The Kier molecular flexibility index (Phi) is 6.36. The van der Waals surface area contributed by atoms with Gasteiger partial charge >= 0.3 is 5.97 Å². The fraction of sp³-hybridized carbons (Fsp3) is 0.167. The predicted octanol–water partition coefficient (Wildman–Crippen LogP) is 5.87. The molecule has 36 heavy (non-hydrogen) atoms. The van der Waals surface area contributed by atoms with Crippen molar-refractivity contribution in [3.8, 4) is 0 Å². The van der Waals surface area contributed by atoms with Gasteiger partial charge in [-0.3, -0.25) is 9.69 Å². The molecule has 0 fully saturated rings. The van der Waals surface area contributed by atoms with Crippen LogP contribution in [0.2, 0.25) is 0 Å².